The van der Waals surface area contributed by atoms with Crippen molar-refractivity contribution in [1.82, 2.24) is 19.9 Å². The number of fused-ring (bicyclic) bond motifs is 1. The average Bonchev–Trinajstić information content (AvgIpc) is 2.68. The first-order valence-electron chi connectivity index (χ1n) is 9.02. The fraction of sp³-hybridized carbons (Fsp3) is 0.350. The van der Waals surface area contributed by atoms with Crippen molar-refractivity contribution < 1.29 is 4.39 Å². The first-order chi connectivity index (χ1) is 12.7. The van der Waals surface area contributed by atoms with Gasteiger partial charge in [-0.15, -0.1) is 0 Å². The average molecular weight is 351 g/mol. The molecule has 0 spiro atoms. The summed E-state index contributed by atoms with van der Waals surface area (Å²) >= 11 is 0. The summed E-state index contributed by atoms with van der Waals surface area (Å²) in [6, 6.07) is 9.40. The number of nitrogens with one attached hydrogen (secondary N) is 1. The van der Waals surface area contributed by atoms with Crippen molar-refractivity contribution in [3.63, 3.8) is 0 Å². The zero-order valence-corrected chi connectivity index (χ0v) is 14.8. The zero-order valence-electron chi connectivity index (χ0n) is 14.8. The monoisotopic (exact) mass is 351 g/mol. The topological polar surface area (TPSA) is 53.9 Å². The Bertz CT molecular complexity index is 878. The Morgan fingerprint density at radius 2 is 1.88 bits per heavy atom. The molecule has 2 aromatic heterocycles. The summed E-state index contributed by atoms with van der Waals surface area (Å²) in [4.78, 5) is 15.4. The molecule has 1 unspecified atom stereocenters. The number of halogens is 1. The zero-order chi connectivity index (χ0) is 17.9. The van der Waals surface area contributed by atoms with Crippen molar-refractivity contribution >= 4 is 16.9 Å². The largest absolute Gasteiger partial charge is 0.366 e. The van der Waals surface area contributed by atoms with E-state index in [-0.39, 0.29) is 5.82 Å². The molecular weight excluding hydrogens is 329 g/mol. The number of hydrogen-bond donors (Lipinski definition) is 1. The SMILES string of the molecule is CC(c1ccncc1)N1CCC(Nc2cnc3ccc(F)cc3n2)CC1. The third kappa shape index (κ3) is 3.65. The van der Waals surface area contributed by atoms with E-state index in [1.165, 1.54) is 17.7 Å². The first kappa shape index (κ1) is 16.8. The molecular formula is C20H22FN5. The highest BCUT2D eigenvalue weighted by molar-refractivity contribution is 5.75. The highest BCUT2D eigenvalue weighted by Crippen LogP contribution is 2.25. The fourth-order valence-electron chi connectivity index (χ4n) is 3.55. The molecule has 1 aromatic carbocycles. The lowest BCUT2D eigenvalue weighted by Crippen LogP contribution is -2.40. The van der Waals surface area contributed by atoms with E-state index in [9.17, 15) is 4.39 Å². The summed E-state index contributed by atoms with van der Waals surface area (Å²) in [6.45, 7) is 4.29. The van der Waals surface area contributed by atoms with Crippen molar-refractivity contribution in [3.8, 4) is 0 Å². The smallest absolute Gasteiger partial charge is 0.145 e. The van der Waals surface area contributed by atoms with Gasteiger partial charge in [-0.1, -0.05) is 0 Å². The third-order valence-electron chi connectivity index (χ3n) is 5.12. The Hall–Kier alpha value is -2.60. The molecule has 1 atom stereocenters. The van der Waals surface area contributed by atoms with Gasteiger partial charge in [-0.3, -0.25) is 14.9 Å². The van der Waals surface area contributed by atoms with Crippen LogP contribution in [-0.2, 0) is 0 Å². The van der Waals surface area contributed by atoms with Crippen LogP contribution in [0.1, 0.15) is 31.4 Å². The van der Waals surface area contributed by atoms with E-state index in [4.69, 9.17) is 0 Å². The Morgan fingerprint density at radius 3 is 2.65 bits per heavy atom. The molecule has 3 heterocycles. The molecule has 0 bridgehead atoms. The minimum absolute atomic E-state index is 0.289. The lowest BCUT2D eigenvalue weighted by Gasteiger charge is -2.36. The second-order valence-electron chi connectivity index (χ2n) is 6.80. The first-order valence-corrected chi connectivity index (χ1v) is 9.02. The van der Waals surface area contributed by atoms with Gasteiger partial charge in [0.05, 0.1) is 17.2 Å². The minimum atomic E-state index is -0.289. The van der Waals surface area contributed by atoms with Gasteiger partial charge in [-0.2, -0.15) is 0 Å². The van der Waals surface area contributed by atoms with Gasteiger partial charge in [0, 0.05) is 43.6 Å². The van der Waals surface area contributed by atoms with Crippen molar-refractivity contribution in [2.45, 2.75) is 31.8 Å². The second-order valence-corrected chi connectivity index (χ2v) is 6.80. The third-order valence-corrected chi connectivity index (χ3v) is 5.12. The van der Waals surface area contributed by atoms with Crippen LogP contribution < -0.4 is 5.32 Å². The fourth-order valence-corrected chi connectivity index (χ4v) is 3.55. The van der Waals surface area contributed by atoms with E-state index >= 15 is 0 Å². The van der Waals surface area contributed by atoms with Crippen LogP contribution >= 0.6 is 0 Å². The van der Waals surface area contributed by atoms with Crippen LogP contribution in [0.25, 0.3) is 11.0 Å². The Morgan fingerprint density at radius 1 is 1.12 bits per heavy atom. The van der Waals surface area contributed by atoms with E-state index < -0.39 is 0 Å². The Kier molecular flexibility index (Phi) is 4.75. The number of anilines is 1. The molecule has 1 aliphatic rings. The summed E-state index contributed by atoms with van der Waals surface area (Å²) in [5.74, 6) is 0.422. The van der Waals surface area contributed by atoms with Crippen LogP contribution in [0.15, 0.2) is 48.9 Å². The van der Waals surface area contributed by atoms with Crippen molar-refractivity contribution in [1.29, 1.82) is 0 Å². The molecule has 0 amide bonds. The van der Waals surface area contributed by atoms with E-state index in [2.05, 4.69) is 44.2 Å². The lowest BCUT2D eigenvalue weighted by atomic mass is 10.0. The van der Waals surface area contributed by atoms with Crippen LogP contribution in [0.2, 0.25) is 0 Å². The minimum Gasteiger partial charge on any atom is -0.366 e. The van der Waals surface area contributed by atoms with Crippen LogP contribution in [0.3, 0.4) is 0 Å². The molecule has 5 nitrogen and oxygen atoms in total. The molecule has 1 aliphatic heterocycles. The number of hydrogen-bond acceptors (Lipinski definition) is 5. The molecule has 3 aromatic rings. The molecule has 4 rings (SSSR count). The summed E-state index contributed by atoms with van der Waals surface area (Å²) in [6.07, 6.45) is 7.51. The van der Waals surface area contributed by atoms with Gasteiger partial charge < -0.3 is 5.32 Å². The molecule has 134 valence electrons. The molecule has 0 radical (unpaired) electrons. The van der Waals surface area contributed by atoms with Crippen molar-refractivity contribution in [3.05, 3.63) is 60.3 Å². The van der Waals surface area contributed by atoms with Gasteiger partial charge in [-0.25, -0.2) is 9.37 Å². The highest BCUT2D eigenvalue weighted by Gasteiger charge is 2.23. The van der Waals surface area contributed by atoms with Crippen LogP contribution in [-0.4, -0.2) is 39.0 Å². The summed E-state index contributed by atoms with van der Waals surface area (Å²) in [5, 5.41) is 3.46. The number of piperidine rings is 1. The molecule has 1 fully saturated rings. The maximum atomic E-state index is 13.4. The standard InChI is InChI=1S/C20H22FN5/c1-14(15-4-8-22-9-5-15)26-10-6-17(7-11-26)24-20-13-23-18-3-2-16(21)12-19(18)25-20/h2-5,8-9,12-14,17H,6-7,10-11H2,1H3,(H,24,25). The predicted molar refractivity (Wildman–Crippen MR) is 100 cm³/mol. The lowest BCUT2D eigenvalue weighted by molar-refractivity contribution is 0.167. The summed E-state index contributed by atoms with van der Waals surface area (Å²) in [7, 11) is 0. The van der Waals surface area contributed by atoms with Gasteiger partial charge >= 0.3 is 0 Å². The number of benzene rings is 1. The number of nitrogens with zero attached hydrogens (tertiary/aromatic N) is 4. The molecule has 1 saturated heterocycles. The number of aromatic nitrogens is 3. The highest BCUT2D eigenvalue weighted by atomic mass is 19.1. The molecule has 26 heavy (non-hydrogen) atoms. The summed E-state index contributed by atoms with van der Waals surface area (Å²) in [5.41, 5.74) is 2.59. The normalized spacial score (nSPS) is 17.3. The van der Waals surface area contributed by atoms with Crippen molar-refractivity contribution in [2.75, 3.05) is 18.4 Å². The van der Waals surface area contributed by atoms with Gasteiger partial charge in [0.25, 0.3) is 0 Å². The number of pyridine rings is 1. The van der Waals surface area contributed by atoms with Crippen LogP contribution in [0.5, 0.6) is 0 Å². The molecule has 6 heteroatoms. The summed E-state index contributed by atoms with van der Waals surface area (Å²) < 4.78 is 13.4. The maximum absolute atomic E-state index is 13.4. The maximum Gasteiger partial charge on any atom is 0.145 e. The molecule has 0 aliphatic carbocycles. The molecule has 0 saturated carbocycles. The van der Waals surface area contributed by atoms with Crippen LogP contribution in [0.4, 0.5) is 10.2 Å². The Balaban J connectivity index is 1.38. The molecule has 1 N–H and O–H groups in total. The van der Waals surface area contributed by atoms with E-state index in [1.54, 1.807) is 12.3 Å². The van der Waals surface area contributed by atoms with E-state index in [0.29, 0.717) is 28.9 Å². The van der Waals surface area contributed by atoms with Crippen LogP contribution in [0, 0.1) is 5.82 Å². The van der Waals surface area contributed by atoms with Gasteiger partial charge in [0.2, 0.25) is 0 Å². The quantitative estimate of drug-likeness (QED) is 0.775. The van der Waals surface area contributed by atoms with E-state index in [0.717, 1.165) is 25.9 Å². The van der Waals surface area contributed by atoms with Gasteiger partial charge in [0.15, 0.2) is 0 Å². The predicted octanol–water partition coefficient (Wildman–Crippen LogP) is 3.80. The number of likely N-dealkylation sites (tertiary alicyclic amines) is 1. The van der Waals surface area contributed by atoms with Gasteiger partial charge in [0.1, 0.15) is 11.6 Å². The van der Waals surface area contributed by atoms with Crippen molar-refractivity contribution in [2.24, 2.45) is 0 Å². The second kappa shape index (κ2) is 7.33. The van der Waals surface area contributed by atoms with Gasteiger partial charge in [-0.05, 0) is 49.6 Å². The number of rotatable bonds is 4. The Labute approximate surface area is 152 Å². The van der Waals surface area contributed by atoms with E-state index in [1.807, 2.05) is 12.4 Å².